The van der Waals surface area contributed by atoms with Gasteiger partial charge in [-0.25, -0.2) is 8.42 Å². The first-order chi connectivity index (χ1) is 7.68. The summed E-state index contributed by atoms with van der Waals surface area (Å²) in [5, 5.41) is 9.15. The molecule has 0 saturated carbocycles. The highest BCUT2D eigenvalue weighted by molar-refractivity contribution is 7.91. The van der Waals surface area contributed by atoms with Crippen molar-refractivity contribution in [2.45, 2.75) is 32.6 Å². The summed E-state index contributed by atoms with van der Waals surface area (Å²) in [7, 11) is -3.34. The van der Waals surface area contributed by atoms with Crippen LogP contribution in [-0.2, 0) is 9.84 Å². The fourth-order valence-electron chi connectivity index (χ4n) is 1.79. The minimum atomic E-state index is -3.34. The fourth-order valence-corrected chi connectivity index (χ4v) is 3.89. The molecule has 0 aliphatic carbocycles. The Morgan fingerprint density at radius 2 is 1.82 bits per heavy atom. The molecule has 0 unspecified atom stereocenters. The van der Waals surface area contributed by atoms with Crippen molar-refractivity contribution >= 4 is 9.84 Å². The Morgan fingerprint density at radius 3 is 2.29 bits per heavy atom. The number of hydrogen-bond acceptors (Lipinski definition) is 3. The van der Waals surface area contributed by atoms with Gasteiger partial charge >= 0.3 is 0 Å². The Morgan fingerprint density at radius 1 is 1.24 bits per heavy atom. The number of aryl methyl sites for hydroxylation is 2. The van der Waals surface area contributed by atoms with Gasteiger partial charge in [-0.15, -0.1) is 0 Å². The van der Waals surface area contributed by atoms with Crippen molar-refractivity contribution in [1.82, 2.24) is 0 Å². The molecule has 0 atom stereocenters. The van der Waals surface area contributed by atoms with E-state index in [9.17, 15) is 8.42 Å². The molecule has 1 rings (SSSR count). The summed E-state index contributed by atoms with van der Waals surface area (Å²) in [5.74, 6) is -0.0413. The minimum absolute atomic E-state index is 0.0413. The molecular formula is C13H20O3S. The maximum Gasteiger partial charge on any atom is 0.179 e. The van der Waals surface area contributed by atoms with E-state index in [1.807, 2.05) is 13.0 Å². The van der Waals surface area contributed by atoms with Crippen LogP contribution in [0.1, 0.15) is 25.0 Å². The van der Waals surface area contributed by atoms with Crippen LogP contribution in [0.15, 0.2) is 23.1 Å². The van der Waals surface area contributed by atoms with Gasteiger partial charge in [0.2, 0.25) is 0 Å². The third kappa shape index (κ3) is 3.54. The molecule has 17 heavy (non-hydrogen) atoms. The predicted molar refractivity (Wildman–Crippen MR) is 68.8 cm³/mol. The second kappa shape index (κ2) is 4.78. The SMILES string of the molecule is Cc1ccc(S(=O)(=O)CC(C)(C)CO)c(C)c1. The van der Waals surface area contributed by atoms with Crippen molar-refractivity contribution in [2.24, 2.45) is 5.41 Å². The molecule has 0 saturated heterocycles. The van der Waals surface area contributed by atoms with E-state index in [-0.39, 0.29) is 12.4 Å². The quantitative estimate of drug-likeness (QED) is 0.897. The van der Waals surface area contributed by atoms with Gasteiger partial charge in [0.15, 0.2) is 9.84 Å². The molecule has 0 radical (unpaired) electrons. The third-order valence-corrected chi connectivity index (χ3v) is 4.96. The van der Waals surface area contributed by atoms with Crippen LogP contribution in [0, 0.1) is 19.3 Å². The summed E-state index contributed by atoms with van der Waals surface area (Å²) in [6.45, 7) is 7.08. The molecule has 4 heteroatoms. The van der Waals surface area contributed by atoms with Gasteiger partial charge in [0.1, 0.15) is 0 Å². The Hall–Kier alpha value is -0.870. The molecule has 0 bridgehead atoms. The first kappa shape index (κ1) is 14.2. The van der Waals surface area contributed by atoms with Crippen molar-refractivity contribution in [2.75, 3.05) is 12.4 Å². The molecule has 0 fully saturated rings. The van der Waals surface area contributed by atoms with Gasteiger partial charge in [-0.05, 0) is 25.5 Å². The first-order valence-electron chi connectivity index (χ1n) is 5.59. The molecular weight excluding hydrogens is 236 g/mol. The molecule has 1 N–H and O–H groups in total. The van der Waals surface area contributed by atoms with Gasteiger partial charge in [0.25, 0.3) is 0 Å². The van der Waals surface area contributed by atoms with Gasteiger partial charge in [0.05, 0.1) is 10.6 Å². The van der Waals surface area contributed by atoms with Crippen molar-refractivity contribution in [1.29, 1.82) is 0 Å². The van der Waals surface area contributed by atoms with Crippen molar-refractivity contribution < 1.29 is 13.5 Å². The second-order valence-corrected chi connectivity index (χ2v) is 7.31. The van der Waals surface area contributed by atoms with Crippen LogP contribution in [0.4, 0.5) is 0 Å². The fraction of sp³-hybridized carbons (Fsp3) is 0.538. The van der Waals surface area contributed by atoms with Crippen LogP contribution in [-0.4, -0.2) is 25.9 Å². The van der Waals surface area contributed by atoms with E-state index in [2.05, 4.69) is 0 Å². The monoisotopic (exact) mass is 256 g/mol. The van der Waals surface area contributed by atoms with E-state index in [4.69, 9.17) is 5.11 Å². The molecule has 0 spiro atoms. The van der Waals surface area contributed by atoms with E-state index in [1.54, 1.807) is 32.9 Å². The maximum absolute atomic E-state index is 12.2. The van der Waals surface area contributed by atoms with E-state index >= 15 is 0 Å². The predicted octanol–water partition coefficient (Wildman–Crippen LogP) is 2.10. The number of rotatable bonds is 4. The minimum Gasteiger partial charge on any atom is -0.396 e. The van der Waals surface area contributed by atoms with Crippen LogP contribution in [0.25, 0.3) is 0 Å². The molecule has 0 heterocycles. The summed E-state index contributed by atoms with van der Waals surface area (Å²) in [6.07, 6.45) is 0. The van der Waals surface area contributed by atoms with Crippen LogP contribution in [0.5, 0.6) is 0 Å². The Labute approximate surface area is 103 Å². The molecule has 1 aromatic carbocycles. The summed E-state index contributed by atoms with van der Waals surface area (Å²) < 4.78 is 24.5. The summed E-state index contributed by atoms with van der Waals surface area (Å²) >= 11 is 0. The molecule has 0 aliphatic heterocycles. The number of sulfone groups is 1. The Kier molecular flexibility index (Phi) is 3.99. The topological polar surface area (TPSA) is 54.4 Å². The van der Waals surface area contributed by atoms with Crippen molar-refractivity contribution in [3.63, 3.8) is 0 Å². The Bertz CT molecular complexity index is 501. The normalized spacial score (nSPS) is 12.8. The molecule has 96 valence electrons. The van der Waals surface area contributed by atoms with Gasteiger partial charge in [0, 0.05) is 12.0 Å². The van der Waals surface area contributed by atoms with Gasteiger partial charge < -0.3 is 5.11 Å². The van der Waals surface area contributed by atoms with Gasteiger partial charge in [-0.1, -0.05) is 31.5 Å². The lowest BCUT2D eigenvalue weighted by atomic mass is 9.98. The lowest BCUT2D eigenvalue weighted by molar-refractivity contribution is 0.179. The number of aliphatic hydroxyl groups excluding tert-OH is 1. The van der Waals surface area contributed by atoms with E-state index in [1.165, 1.54) is 0 Å². The van der Waals surface area contributed by atoms with Gasteiger partial charge in [-0.2, -0.15) is 0 Å². The number of aliphatic hydroxyl groups is 1. The highest BCUT2D eigenvalue weighted by Crippen LogP contribution is 2.24. The van der Waals surface area contributed by atoms with Crippen LogP contribution < -0.4 is 0 Å². The van der Waals surface area contributed by atoms with Crippen molar-refractivity contribution in [3.05, 3.63) is 29.3 Å². The molecule has 1 aromatic rings. The second-order valence-electron chi connectivity index (χ2n) is 5.35. The van der Waals surface area contributed by atoms with E-state index < -0.39 is 15.3 Å². The zero-order valence-corrected chi connectivity index (χ0v) is 11.6. The molecule has 0 aliphatic rings. The maximum atomic E-state index is 12.2. The van der Waals surface area contributed by atoms with E-state index in [0.29, 0.717) is 4.90 Å². The Balaban J connectivity index is 3.14. The lowest BCUT2D eigenvalue weighted by Gasteiger charge is -2.21. The van der Waals surface area contributed by atoms with E-state index in [0.717, 1.165) is 11.1 Å². The van der Waals surface area contributed by atoms with Crippen LogP contribution in [0.3, 0.4) is 0 Å². The smallest absolute Gasteiger partial charge is 0.179 e. The average molecular weight is 256 g/mol. The van der Waals surface area contributed by atoms with Crippen molar-refractivity contribution in [3.8, 4) is 0 Å². The zero-order valence-electron chi connectivity index (χ0n) is 10.8. The highest BCUT2D eigenvalue weighted by Gasteiger charge is 2.27. The van der Waals surface area contributed by atoms with Gasteiger partial charge in [-0.3, -0.25) is 0 Å². The largest absolute Gasteiger partial charge is 0.396 e. The van der Waals surface area contributed by atoms with Crippen LogP contribution in [0.2, 0.25) is 0 Å². The lowest BCUT2D eigenvalue weighted by Crippen LogP contribution is -2.28. The number of benzene rings is 1. The number of hydrogen-bond donors (Lipinski definition) is 1. The highest BCUT2D eigenvalue weighted by atomic mass is 32.2. The molecule has 0 amide bonds. The summed E-state index contributed by atoms with van der Waals surface area (Å²) in [6, 6.07) is 5.30. The summed E-state index contributed by atoms with van der Waals surface area (Å²) in [5.41, 5.74) is 1.19. The first-order valence-corrected chi connectivity index (χ1v) is 7.24. The van der Waals surface area contributed by atoms with Crippen LogP contribution >= 0.6 is 0 Å². The average Bonchev–Trinajstić information content (AvgIpc) is 2.15. The standard InChI is InChI=1S/C13H20O3S/c1-10-5-6-12(11(2)7-10)17(15,16)9-13(3,4)8-14/h5-7,14H,8-9H2,1-4H3. The molecule has 3 nitrogen and oxygen atoms in total. The third-order valence-electron chi connectivity index (χ3n) is 2.67. The zero-order chi connectivity index (χ0) is 13.3. The summed E-state index contributed by atoms with van der Waals surface area (Å²) in [4.78, 5) is 0.365. The molecule has 0 aromatic heterocycles.